The monoisotopic (exact) mass is 380 g/mol. The number of hydrogen-bond donors (Lipinski definition) is 1. The van der Waals surface area contributed by atoms with Gasteiger partial charge < -0.3 is 10.2 Å². The lowest BCUT2D eigenvalue weighted by Gasteiger charge is -2.30. The molecule has 0 heterocycles. The SMILES string of the molecule is CCC(C(=O)NC)N(Cc1ccccc1)C(=O)CCc1ccc(C(C)C)cc1. The highest BCUT2D eigenvalue weighted by Gasteiger charge is 2.27. The second-order valence-electron chi connectivity index (χ2n) is 7.44. The molecule has 2 rings (SSSR count). The van der Waals surface area contributed by atoms with Gasteiger partial charge in [0.05, 0.1) is 0 Å². The second kappa shape index (κ2) is 10.6. The Morgan fingerprint density at radius 2 is 1.61 bits per heavy atom. The van der Waals surface area contributed by atoms with Crippen molar-refractivity contribution in [2.24, 2.45) is 0 Å². The van der Waals surface area contributed by atoms with Gasteiger partial charge in [0.1, 0.15) is 6.04 Å². The number of nitrogens with one attached hydrogen (secondary N) is 1. The number of hydrogen-bond acceptors (Lipinski definition) is 2. The fraction of sp³-hybridized carbons (Fsp3) is 0.417. The molecule has 0 bridgehead atoms. The van der Waals surface area contributed by atoms with Crippen LogP contribution in [-0.4, -0.2) is 29.8 Å². The van der Waals surface area contributed by atoms with Crippen molar-refractivity contribution in [2.75, 3.05) is 7.05 Å². The van der Waals surface area contributed by atoms with Gasteiger partial charge in [0.2, 0.25) is 11.8 Å². The van der Waals surface area contributed by atoms with Gasteiger partial charge in [0.15, 0.2) is 0 Å². The Hall–Kier alpha value is -2.62. The fourth-order valence-corrected chi connectivity index (χ4v) is 3.33. The van der Waals surface area contributed by atoms with E-state index >= 15 is 0 Å². The zero-order valence-corrected chi connectivity index (χ0v) is 17.4. The normalized spacial score (nSPS) is 11.9. The number of amides is 2. The second-order valence-corrected chi connectivity index (χ2v) is 7.44. The molecule has 150 valence electrons. The van der Waals surface area contributed by atoms with E-state index in [-0.39, 0.29) is 11.8 Å². The Morgan fingerprint density at radius 3 is 2.14 bits per heavy atom. The molecule has 0 spiro atoms. The molecular weight excluding hydrogens is 348 g/mol. The summed E-state index contributed by atoms with van der Waals surface area (Å²) in [4.78, 5) is 27.1. The minimum Gasteiger partial charge on any atom is -0.357 e. The first-order valence-electron chi connectivity index (χ1n) is 10.1. The minimum atomic E-state index is -0.457. The average Bonchev–Trinajstić information content (AvgIpc) is 2.72. The summed E-state index contributed by atoms with van der Waals surface area (Å²) in [5, 5.41) is 2.69. The van der Waals surface area contributed by atoms with E-state index in [9.17, 15) is 9.59 Å². The molecule has 0 fully saturated rings. The van der Waals surface area contributed by atoms with Crippen LogP contribution in [0.1, 0.15) is 56.2 Å². The van der Waals surface area contributed by atoms with Crippen molar-refractivity contribution in [1.29, 1.82) is 0 Å². The predicted molar refractivity (Wildman–Crippen MR) is 114 cm³/mol. The van der Waals surface area contributed by atoms with Crippen LogP contribution in [-0.2, 0) is 22.6 Å². The maximum atomic E-state index is 13.1. The molecule has 0 aliphatic rings. The number of carbonyl (C=O) groups is 2. The van der Waals surface area contributed by atoms with Crippen LogP contribution in [0, 0.1) is 0 Å². The molecule has 2 aromatic rings. The quantitative estimate of drug-likeness (QED) is 0.705. The Labute approximate surface area is 169 Å². The molecule has 1 N–H and O–H groups in total. The topological polar surface area (TPSA) is 49.4 Å². The number of carbonyl (C=O) groups excluding carboxylic acids is 2. The fourth-order valence-electron chi connectivity index (χ4n) is 3.33. The number of benzene rings is 2. The van der Waals surface area contributed by atoms with Gasteiger partial charge in [-0.25, -0.2) is 0 Å². The van der Waals surface area contributed by atoms with E-state index in [4.69, 9.17) is 0 Å². The number of likely N-dealkylation sites (N-methyl/N-ethyl adjacent to an activating group) is 1. The summed E-state index contributed by atoms with van der Waals surface area (Å²) in [6.45, 7) is 6.72. The van der Waals surface area contributed by atoms with Crippen molar-refractivity contribution in [3.8, 4) is 0 Å². The molecule has 0 saturated carbocycles. The summed E-state index contributed by atoms with van der Waals surface area (Å²) in [5.41, 5.74) is 3.47. The molecule has 4 heteroatoms. The van der Waals surface area contributed by atoms with Crippen LogP contribution in [0.4, 0.5) is 0 Å². The lowest BCUT2D eigenvalue weighted by molar-refractivity contribution is -0.141. The molecule has 0 aliphatic carbocycles. The highest BCUT2D eigenvalue weighted by molar-refractivity contribution is 5.87. The molecule has 0 aromatic heterocycles. The molecule has 2 amide bonds. The van der Waals surface area contributed by atoms with Crippen molar-refractivity contribution in [1.82, 2.24) is 10.2 Å². The Morgan fingerprint density at radius 1 is 0.964 bits per heavy atom. The van der Waals surface area contributed by atoms with Gasteiger partial charge in [-0.2, -0.15) is 0 Å². The van der Waals surface area contributed by atoms with Crippen LogP contribution in [0.25, 0.3) is 0 Å². The standard InChI is InChI=1S/C24H32N2O2/c1-5-22(24(28)25-4)26(17-20-9-7-6-8-10-20)23(27)16-13-19-11-14-21(15-12-19)18(2)3/h6-12,14-15,18,22H,5,13,16-17H2,1-4H3,(H,25,28). The third-order valence-corrected chi connectivity index (χ3v) is 5.10. The number of aryl methyl sites for hydroxylation is 1. The van der Waals surface area contributed by atoms with E-state index in [1.54, 1.807) is 11.9 Å². The van der Waals surface area contributed by atoms with Gasteiger partial charge in [-0.05, 0) is 35.4 Å². The van der Waals surface area contributed by atoms with E-state index in [0.29, 0.717) is 31.7 Å². The zero-order valence-electron chi connectivity index (χ0n) is 17.4. The van der Waals surface area contributed by atoms with Crippen molar-refractivity contribution in [3.63, 3.8) is 0 Å². The van der Waals surface area contributed by atoms with E-state index in [1.807, 2.05) is 37.3 Å². The Bertz CT molecular complexity index is 754. The maximum absolute atomic E-state index is 13.1. The van der Waals surface area contributed by atoms with Crippen molar-refractivity contribution in [2.45, 2.75) is 58.5 Å². The van der Waals surface area contributed by atoms with Gasteiger partial charge in [-0.1, -0.05) is 75.4 Å². The predicted octanol–water partition coefficient (Wildman–Crippen LogP) is 4.30. The smallest absolute Gasteiger partial charge is 0.242 e. The lowest BCUT2D eigenvalue weighted by Crippen LogP contribution is -2.48. The van der Waals surface area contributed by atoms with Gasteiger partial charge >= 0.3 is 0 Å². The van der Waals surface area contributed by atoms with Crippen molar-refractivity contribution in [3.05, 3.63) is 71.3 Å². The largest absolute Gasteiger partial charge is 0.357 e. The number of rotatable bonds is 9. The van der Waals surface area contributed by atoms with Crippen molar-refractivity contribution < 1.29 is 9.59 Å². The number of nitrogens with zero attached hydrogens (tertiary/aromatic N) is 1. The van der Waals surface area contributed by atoms with Gasteiger partial charge in [-0.15, -0.1) is 0 Å². The summed E-state index contributed by atoms with van der Waals surface area (Å²) in [6, 6.07) is 17.8. The first-order valence-corrected chi connectivity index (χ1v) is 10.1. The zero-order chi connectivity index (χ0) is 20.5. The highest BCUT2D eigenvalue weighted by atomic mass is 16.2. The van der Waals surface area contributed by atoms with Crippen LogP contribution in [0.3, 0.4) is 0 Å². The summed E-state index contributed by atoms with van der Waals surface area (Å²) >= 11 is 0. The van der Waals surface area contributed by atoms with Crippen LogP contribution in [0.5, 0.6) is 0 Å². The maximum Gasteiger partial charge on any atom is 0.242 e. The molecule has 0 aliphatic heterocycles. The van der Waals surface area contributed by atoms with Crippen LogP contribution in [0.15, 0.2) is 54.6 Å². The van der Waals surface area contributed by atoms with Crippen molar-refractivity contribution >= 4 is 11.8 Å². The van der Waals surface area contributed by atoms with Gasteiger partial charge in [0, 0.05) is 20.0 Å². The van der Waals surface area contributed by atoms with Crippen LogP contribution >= 0.6 is 0 Å². The van der Waals surface area contributed by atoms with E-state index in [0.717, 1.165) is 11.1 Å². The first-order chi connectivity index (χ1) is 13.5. The van der Waals surface area contributed by atoms with E-state index in [2.05, 4.69) is 43.4 Å². The summed E-state index contributed by atoms with van der Waals surface area (Å²) in [6.07, 6.45) is 1.65. The minimum absolute atomic E-state index is 0.00670. The van der Waals surface area contributed by atoms with Crippen LogP contribution in [0.2, 0.25) is 0 Å². The molecule has 0 saturated heterocycles. The van der Waals surface area contributed by atoms with Crippen LogP contribution < -0.4 is 5.32 Å². The molecular formula is C24H32N2O2. The molecule has 2 aromatic carbocycles. The van der Waals surface area contributed by atoms with Gasteiger partial charge in [-0.3, -0.25) is 9.59 Å². The third-order valence-electron chi connectivity index (χ3n) is 5.10. The summed E-state index contributed by atoms with van der Waals surface area (Å²) < 4.78 is 0. The molecule has 28 heavy (non-hydrogen) atoms. The molecule has 0 radical (unpaired) electrons. The Balaban J connectivity index is 2.12. The highest BCUT2D eigenvalue weighted by Crippen LogP contribution is 2.17. The molecule has 1 atom stereocenters. The average molecular weight is 381 g/mol. The summed E-state index contributed by atoms with van der Waals surface area (Å²) in [7, 11) is 1.62. The third kappa shape index (κ3) is 5.95. The molecule has 4 nitrogen and oxygen atoms in total. The van der Waals surface area contributed by atoms with E-state index < -0.39 is 6.04 Å². The Kier molecular flexibility index (Phi) is 8.24. The molecule has 1 unspecified atom stereocenters. The van der Waals surface area contributed by atoms with E-state index in [1.165, 1.54) is 5.56 Å². The summed E-state index contributed by atoms with van der Waals surface area (Å²) in [5.74, 6) is 0.384. The first kappa shape index (κ1) is 21.7. The van der Waals surface area contributed by atoms with Gasteiger partial charge in [0.25, 0.3) is 0 Å². The lowest BCUT2D eigenvalue weighted by atomic mass is 10.00.